The average molecular weight is 637 g/mol. The second kappa shape index (κ2) is 11.6. The Morgan fingerprint density at radius 1 is 1.02 bits per heavy atom. The van der Waals surface area contributed by atoms with E-state index < -0.39 is 32.8 Å². The van der Waals surface area contributed by atoms with Gasteiger partial charge in [0.2, 0.25) is 10.0 Å². The molecule has 2 atom stereocenters. The molecule has 0 aliphatic heterocycles. The molecule has 6 rings (SSSR count). The number of aromatic nitrogens is 7. The highest BCUT2D eigenvalue weighted by Gasteiger charge is 2.26. The zero-order chi connectivity index (χ0) is 32.7. The number of para-hydroxylation sites is 1. The monoisotopic (exact) mass is 636 g/mol. The molecule has 0 spiro atoms. The number of anilines is 1. The Morgan fingerprint density at radius 2 is 1.76 bits per heavy atom. The van der Waals surface area contributed by atoms with Crippen LogP contribution in [0, 0.1) is 11.8 Å². The SMILES string of the molecule is CC(c1c(C#Cc2cccc3nc([C@H](C)NC(=O)c4c(N)nn5cccnc45)n(-c4ccccc4)c(=O)c23)cnn1C)S(N)(=O)=O. The number of carbonyl (C=O) groups is 1. The van der Waals surface area contributed by atoms with Crippen LogP contribution in [0.25, 0.3) is 22.2 Å². The quantitative estimate of drug-likeness (QED) is 0.229. The fraction of sp³-hybridized carbons (Fsp3) is 0.161. The van der Waals surface area contributed by atoms with Crippen molar-refractivity contribution in [2.45, 2.75) is 25.1 Å². The van der Waals surface area contributed by atoms with Gasteiger partial charge in [0.25, 0.3) is 11.5 Å². The van der Waals surface area contributed by atoms with Crippen LogP contribution >= 0.6 is 0 Å². The minimum atomic E-state index is -3.92. The van der Waals surface area contributed by atoms with Gasteiger partial charge in [0, 0.05) is 25.0 Å². The first-order valence-corrected chi connectivity index (χ1v) is 15.6. The number of rotatable bonds is 6. The van der Waals surface area contributed by atoms with Crippen molar-refractivity contribution in [1.82, 2.24) is 39.2 Å². The van der Waals surface area contributed by atoms with Crippen LogP contribution in [0.2, 0.25) is 0 Å². The van der Waals surface area contributed by atoms with Crippen molar-refractivity contribution in [3.8, 4) is 17.5 Å². The number of nitrogens with zero attached hydrogens (tertiary/aromatic N) is 7. The van der Waals surface area contributed by atoms with Gasteiger partial charge >= 0.3 is 0 Å². The Labute approximate surface area is 262 Å². The third-order valence-electron chi connectivity index (χ3n) is 7.52. The molecule has 0 saturated carbocycles. The van der Waals surface area contributed by atoms with E-state index >= 15 is 0 Å². The molecule has 5 N–H and O–H groups in total. The van der Waals surface area contributed by atoms with Crippen molar-refractivity contribution in [2.75, 3.05) is 5.73 Å². The first kappa shape index (κ1) is 30.2. The van der Waals surface area contributed by atoms with E-state index in [9.17, 15) is 18.0 Å². The number of hydrogen-bond donors (Lipinski definition) is 3. The van der Waals surface area contributed by atoms with Crippen molar-refractivity contribution in [1.29, 1.82) is 0 Å². The Morgan fingerprint density at radius 3 is 2.50 bits per heavy atom. The number of primary sulfonamides is 1. The van der Waals surface area contributed by atoms with Crippen LogP contribution in [0.1, 0.15) is 58.1 Å². The molecule has 2 aromatic carbocycles. The summed E-state index contributed by atoms with van der Waals surface area (Å²) in [6, 6.07) is 14.9. The zero-order valence-corrected chi connectivity index (χ0v) is 25.7. The number of benzene rings is 2. The summed E-state index contributed by atoms with van der Waals surface area (Å²) < 4.78 is 28.4. The molecule has 15 heteroatoms. The van der Waals surface area contributed by atoms with Crippen LogP contribution in [0.5, 0.6) is 0 Å². The molecular formula is C31H28N10O4S. The Kier molecular flexibility index (Phi) is 7.60. The summed E-state index contributed by atoms with van der Waals surface area (Å²) in [5.74, 6) is 5.72. The van der Waals surface area contributed by atoms with Crippen LogP contribution in [0.15, 0.2) is 78.0 Å². The highest BCUT2D eigenvalue weighted by atomic mass is 32.2. The van der Waals surface area contributed by atoms with Gasteiger partial charge in [-0.15, -0.1) is 5.10 Å². The van der Waals surface area contributed by atoms with Gasteiger partial charge in [-0.1, -0.05) is 36.1 Å². The average Bonchev–Trinajstić information content (AvgIpc) is 3.57. The Balaban J connectivity index is 1.47. The topological polar surface area (TPSA) is 198 Å². The molecule has 0 aliphatic rings. The molecule has 0 fully saturated rings. The van der Waals surface area contributed by atoms with Gasteiger partial charge in [-0.25, -0.2) is 28.0 Å². The van der Waals surface area contributed by atoms with E-state index in [0.29, 0.717) is 28.0 Å². The molecule has 14 nitrogen and oxygen atoms in total. The largest absolute Gasteiger partial charge is 0.381 e. The summed E-state index contributed by atoms with van der Waals surface area (Å²) in [5, 5.41) is 15.8. The van der Waals surface area contributed by atoms with Crippen LogP contribution < -0.4 is 21.7 Å². The molecule has 0 saturated heterocycles. The molecule has 46 heavy (non-hydrogen) atoms. The number of hydrogen-bond acceptors (Lipinski definition) is 9. The highest BCUT2D eigenvalue weighted by Crippen LogP contribution is 2.24. The van der Waals surface area contributed by atoms with Crippen molar-refractivity contribution in [2.24, 2.45) is 12.2 Å². The van der Waals surface area contributed by atoms with E-state index in [1.807, 2.05) is 6.07 Å². The molecule has 232 valence electrons. The number of amides is 1. The van der Waals surface area contributed by atoms with Crippen molar-refractivity contribution in [3.05, 3.63) is 112 Å². The predicted molar refractivity (Wildman–Crippen MR) is 171 cm³/mol. The summed E-state index contributed by atoms with van der Waals surface area (Å²) in [4.78, 5) is 36.9. The number of nitrogens with two attached hydrogens (primary N) is 2. The maximum Gasteiger partial charge on any atom is 0.267 e. The number of aryl methyl sites for hydroxylation is 1. The second-order valence-corrected chi connectivity index (χ2v) is 12.4. The summed E-state index contributed by atoms with van der Waals surface area (Å²) in [5.41, 5.74) is 7.95. The molecule has 4 aromatic heterocycles. The number of nitrogens with one attached hydrogen (secondary N) is 1. The molecule has 0 aliphatic carbocycles. The van der Waals surface area contributed by atoms with Gasteiger partial charge in [-0.3, -0.25) is 18.8 Å². The normalized spacial score (nSPS) is 12.9. The molecule has 1 amide bonds. The third kappa shape index (κ3) is 5.36. The predicted octanol–water partition coefficient (Wildman–Crippen LogP) is 1.98. The number of nitrogen functional groups attached to an aromatic ring is 1. The summed E-state index contributed by atoms with van der Waals surface area (Å²) in [7, 11) is -2.32. The zero-order valence-electron chi connectivity index (χ0n) is 24.9. The van der Waals surface area contributed by atoms with Crippen molar-refractivity contribution < 1.29 is 13.2 Å². The van der Waals surface area contributed by atoms with Gasteiger partial charge in [0.05, 0.1) is 40.1 Å². The number of fused-ring (bicyclic) bond motifs is 2. The van der Waals surface area contributed by atoms with E-state index in [1.165, 1.54) is 33.1 Å². The van der Waals surface area contributed by atoms with Crippen LogP contribution in [0.3, 0.4) is 0 Å². The number of sulfonamides is 1. The first-order chi connectivity index (χ1) is 22.0. The molecule has 4 heterocycles. The number of carbonyl (C=O) groups excluding carboxylic acids is 1. The first-order valence-electron chi connectivity index (χ1n) is 14.0. The maximum atomic E-state index is 14.3. The lowest BCUT2D eigenvalue weighted by Gasteiger charge is -2.20. The molecule has 1 unspecified atom stereocenters. The molecule has 6 aromatic rings. The fourth-order valence-corrected chi connectivity index (χ4v) is 5.83. The smallest absolute Gasteiger partial charge is 0.267 e. The van der Waals surface area contributed by atoms with E-state index in [4.69, 9.17) is 15.9 Å². The minimum Gasteiger partial charge on any atom is -0.381 e. The fourth-order valence-electron chi connectivity index (χ4n) is 5.24. The van der Waals surface area contributed by atoms with Crippen LogP contribution in [-0.4, -0.2) is 48.3 Å². The minimum absolute atomic E-state index is 0.00812. The van der Waals surface area contributed by atoms with E-state index in [2.05, 4.69) is 32.3 Å². The molecule has 0 radical (unpaired) electrons. The summed E-state index contributed by atoms with van der Waals surface area (Å²) >= 11 is 0. The van der Waals surface area contributed by atoms with Gasteiger partial charge < -0.3 is 11.1 Å². The van der Waals surface area contributed by atoms with Gasteiger partial charge in [0.15, 0.2) is 11.5 Å². The highest BCUT2D eigenvalue weighted by molar-refractivity contribution is 7.89. The third-order valence-corrected chi connectivity index (χ3v) is 8.73. The van der Waals surface area contributed by atoms with Crippen LogP contribution in [0.4, 0.5) is 5.82 Å². The summed E-state index contributed by atoms with van der Waals surface area (Å²) in [6.07, 6.45) is 4.61. The van der Waals surface area contributed by atoms with Gasteiger partial charge in [-0.2, -0.15) is 5.10 Å². The molecule has 0 bridgehead atoms. The Hall–Kier alpha value is -5.85. The van der Waals surface area contributed by atoms with Crippen molar-refractivity contribution >= 4 is 38.3 Å². The van der Waals surface area contributed by atoms with E-state index in [-0.39, 0.29) is 28.2 Å². The van der Waals surface area contributed by atoms with Gasteiger partial charge in [-0.05, 0) is 44.2 Å². The summed E-state index contributed by atoms with van der Waals surface area (Å²) in [6.45, 7) is 3.17. The lowest BCUT2D eigenvalue weighted by molar-refractivity contribution is 0.0940. The van der Waals surface area contributed by atoms with Gasteiger partial charge in [0.1, 0.15) is 16.6 Å². The maximum absolute atomic E-state index is 14.3. The van der Waals surface area contributed by atoms with E-state index in [1.54, 1.807) is 68.7 Å². The standard InChI is InChI=1S/C31H28N10O4S/c1-18(36-30(42)25-27(32)38-40-16-8-15-34-29(25)40)28-37-23-12-7-9-20(24(23)31(43)41(28)22-10-5-4-6-11-22)13-14-21-17-35-39(3)26(21)19(2)46(33,44)45/h4-12,15-19H,1-3H3,(H2,32,38)(H,36,42)(H2,33,44,45)/t18-,19?/m0/s1. The lowest BCUT2D eigenvalue weighted by atomic mass is 10.1. The van der Waals surface area contributed by atoms with Crippen molar-refractivity contribution in [3.63, 3.8) is 0 Å². The van der Waals surface area contributed by atoms with E-state index in [0.717, 1.165) is 0 Å². The second-order valence-electron chi connectivity index (χ2n) is 10.5. The molecular weight excluding hydrogens is 608 g/mol. The Bertz CT molecular complexity index is 2390. The van der Waals surface area contributed by atoms with Crippen LogP contribution in [-0.2, 0) is 17.1 Å². The lowest BCUT2D eigenvalue weighted by Crippen LogP contribution is -2.33.